The summed E-state index contributed by atoms with van der Waals surface area (Å²) in [6, 6.07) is 15.2. The fourth-order valence-corrected chi connectivity index (χ4v) is 3.36. The molecule has 2 aromatic rings. The van der Waals surface area contributed by atoms with E-state index in [4.69, 9.17) is 0 Å². The van der Waals surface area contributed by atoms with Crippen LogP contribution in [0.4, 0.5) is 0 Å². The summed E-state index contributed by atoms with van der Waals surface area (Å²) < 4.78 is 1.12. The fourth-order valence-electron chi connectivity index (χ4n) is 1.86. The monoisotopic (exact) mass is 363 g/mol. The van der Waals surface area contributed by atoms with Crippen molar-refractivity contribution in [2.75, 3.05) is 0 Å². The predicted molar refractivity (Wildman–Crippen MR) is 96.0 cm³/mol. The number of rotatable bonds is 4. The average Bonchev–Trinajstić information content (AvgIpc) is 2.39. The summed E-state index contributed by atoms with van der Waals surface area (Å²) in [6.45, 7) is 9.58. The topological polar surface area (TPSA) is 12.0 Å². The van der Waals surface area contributed by atoms with Crippen LogP contribution in [-0.2, 0) is 6.54 Å². The van der Waals surface area contributed by atoms with Crippen molar-refractivity contribution in [3.05, 3.63) is 58.1 Å². The minimum absolute atomic E-state index is 0.124. The summed E-state index contributed by atoms with van der Waals surface area (Å²) >= 11 is 5.40. The van der Waals surface area contributed by atoms with Gasteiger partial charge in [0.2, 0.25) is 0 Å². The van der Waals surface area contributed by atoms with E-state index in [-0.39, 0.29) is 5.54 Å². The van der Waals surface area contributed by atoms with Crippen LogP contribution in [0, 0.1) is 6.92 Å². The van der Waals surface area contributed by atoms with Gasteiger partial charge in [0.1, 0.15) is 0 Å². The molecule has 0 fully saturated rings. The van der Waals surface area contributed by atoms with Gasteiger partial charge in [0.15, 0.2) is 0 Å². The van der Waals surface area contributed by atoms with Gasteiger partial charge >= 0.3 is 0 Å². The molecule has 0 saturated carbocycles. The van der Waals surface area contributed by atoms with Crippen LogP contribution in [0.3, 0.4) is 0 Å². The van der Waals surface area contributed by atoms with Gasteiger partial charge in [-0.1, -0.05) is 51.5 Å². The minimum Gasteiger partial charge on any atom is -0.308 e. The standard InChI is InChI=1S/C18H22BrNS/c1-13-5-9-16(10-6-13)21-17-11-15(19)8-7-14(17)12-20-18(2,3)4/h5-11,20H,12H2,1-4H3. The molecule has 0 atom stereocenters. The zero-order valence-corrected chi connectivity index (χ0v) is 15.4. The van der Waals surface area contributed by atoms with Crippen molar-refractivity contribution in [2.45, 2.75) is 49.6 Å². The summed E-state index contributed by atoms with van der Waals surface area (Å²) in [5.74, 6) is 0. The molecule has 2 aromatic carbocycles. The summed E-state index contributed by atoms with van der Waals surface area (Å²) in [5, 5.41) is 3.56. The highest BCUT2D eigenvalue weighted by atomic mass is 79.9. The van der Waals surface area contributed by atoms with E-state index in [1.54, 1.807) is 0 Å². The van der Waals surface area contributed by atoms with Gasteiger partial charge < -0.3 is 5.32 Å². The first kappa shape index (κ1) is 16.6. The lowest BCUT2D eigenvalue weighted by Crippen LogP contribution is -2.35. The molecule has 0 aliphatic rings. The van der Waals surface area contributed by atoms with E-state index in [1.165, 1.54) is 20.9 Å². The Kier molecular flexibility index (Phi) is 5.53. The van der Waals surface area contributed by atoms with Crippen molar-refractivity contribution in [2.24, 2.45) is 0 Å². The van der Waals surface area contributed by atoms with Crippen LogP contribution in [0.15, 0.2) is 56.7 Å². The van der Waals surface area contributed by atoms with Gasteiger partial charge in [-0.15, -0.1) is 0 Å². The second-order valence-electron chi connectivity index (χ2n) is 6.27. The number of benzene rings is 2. The van der Waals surface area contributed by atoms with E-state index in [0.29, 0.717) is 0 Å². The molecule has 0 saturated heterocycles. The van der Waals surface area contributed by atoms with Gasteiger partial charge in [-0.3, -0.25) is 0 Å². The van der Waals surface area contributed by atoms with Crippen LogP contribution >= 0.6 is 27.7 Å². The summed E-state index contributed by atoms with van der Waals surface area (Å²) in [5.41, 5.74) is 2.75. The second-order valence-corrected chi connectivity index (χ2v) is 8.30. The third-order valence-electron chi connectivity index (χ3n) is 3.09. The largest absolute Gasteiger partial charge is 0.308 e. The van der Waals surface area contributed by atoms with Crippen LogP contribution in [0.5, 0.6) is 0 Å². The van der Waals surface area contributed by atoms with Crippen LogP contribution in [-0.4, -0.2) is 5.54 Å². The Hall–Kier alpha value is -0.770. The molecule has 2 rings (SSSR count). The quantitative estimate of drug-likeness (QED) is 0.736. The Morgan fingerprint density at radius 3 is 2.33 bits per heavy atom. The number of aryl methyl sites for hydroxylation is 1. The van der Waals surface area contributed by atoms with Crippen LogP contribution in [0.1, 0.15) is 31.9 Å². The minimum atomic E-state index is 0.124. The molecule has 112 valence electrons. The van der Waals surface area contributed by atoms with E-state index in [2.05, 4.69) is 91.4 Å². The first-order valence-electron chi connectivity index (χ1n) is 7.11. The summed E-state index contributed by atoms with van der Waals surface area (Å²) in [4.78, 5) is 2.57. The molecule has 3 heteroatoms. The normalized spacial score (nSPS) is 11.7. The Morgan fingerprint density at radius 1 is 1.05 bits per heavy atom. The zero-order chi connectivity index (χ0) is 15.5. The number of hydrogen-bond donors (Lipinski definition) is 1. The molecular formula is C18H22BrNS. The maximum Gasteiger partial charge on any atom is 0.0221 e. The van der Waals surface area contributed by atoms with E-state index < -0.39 is 0 Å². The van der Waals surface area contributed by atoms with Gasteiger partial charge in [-0.2, -0.15) is 0 Å². The molecule has 0 radical (unpaired) electrons. The van der Waals surface area contributed by atoms with Crippen LogP contribution < -0.4 is 5.32 Å². The Balaban J connectivity index is 2.20. The lowest BCUT2D eigenvalue weighted by Gasteiger charge is -2.21. The van der Waals surface area contributed by atoms with Crippen molar-refractivity contribution in [3.8, 4) is 0 Å². The first-order valence-corrected chi connectivity index (χ1v) is 8.72. The number of halogens is 1. The lowest BCUT2D eigenvalue weighted by atomic mass is 10.1. The van der Waals surface area contributed by atoms with Crippen LogP contribution in [0.25, 0.3) is 0 Å². The molecule has 0 spiro atoms. The summed E-state index contributed by atoms with van der Waals surface area (Å²) in [7, 11) is 0. The Bertz CT molecular complexity index is 600. The predicted octanol–water partition coefficient (Wildman–Crippen LogP) is 5.80. The third-order valence-corrected chi connectivity index (χ3v) is 4.69. The number of nitrogens with one attached hydrogen (secondary N) is 1. The molecule has 1 nitrogen and oxygen atoms in total. The van der Waals surface area contributed by atoms with Crippen molar-refractivity contribution < 1.29 is 0 Å². The van der Waals surface area contributed by atoms with Crippen molar-refractivity contribution in [1.82, 2.24) is 5.32 Å². The number of hydrogen-bond acceptors (Lipinski definition) is 2. The highest BCUT2D eigenvalue weighted by molar-refractivity contribution is 9.10. The van der Waals surface area contributed by atoms with Crippen LogP contribution in [0.2, 0.25) is 0 Å². The molecule has 1 N–H and O–H groups in total. The fraction of sp³-hybridized carbons (Fsp3) is 0.333. The highest BCUT2D eigenvalue weighted by Crippen LogP contribution is 2.33. The summed E-state index contributed by atoms with van der Waals surface area (Å²) in [6.07, 6.45) is 0. The van der Waals surface area contributed by atoms with Crippen molar-refractivity contribution >= 4 is 27.7 Å². The van der Waals surface area contributed by atoms with Gasteiger partial charge in [0.25, 0.3) is 0 Å². The second kappa shape index (κ2) is 6.99. The molecule has 0 unspecified atom stereocenters. The molecule has 0 heterocycles. The van der Waals surface area contributed by atoms with E-state index >= 15 is 0 Å². The van der Waals surface area contributed by atoms with E-state index in [9.17, 15) is 0 Å². The van der Waals surface area contributed by atoms with Crippen molar-refractivity contribution in [1.29, 1.82) is 0 Å². The molecular weight excluding hydrogens is 342 g/mol. The van der Waals surface area contributed by atoms with E-state index in [1.807, 2.05) is 11.8 Å². The molecule has 21 heavy (non-hydrogen) atoms. The van der Waals surface area contributed by atoms with Gasteiger partial charge in [0.05, 0.1) is 0 Å². The SMILES string of the molecule is Cc1ccc(Sc2cc(Br)ccc2CNC(C)(C)C)cc1. The van der Waals surface area contributed by atoms with Crippen molar-refractivity contribution in [3.63, 3.8) is 0 Å². The van der Waals surface area contributed by atoms with Gasteiger partial charge in [-0.05, 0) is 57.5 Å². The third kappa shape index (κ3) is 5.50. The molecule has 0 bridgehead atoms. The lowest BCUT2D eigenvalue weighted by molar-refractivity contribution is 0.422. The highest BCUT2D eigenvalue weighted by Gasteiger charge is 2.11. The average molecular weight is 364 g/mol. The first-order chi connectivity index (χ1) is 9.83. The van der Waals surface area contributed by atoms with Gasteiger partial charge in [-0.25, -0.2) is 0 Å². The zero-order valence-electron chi connectivity index (χ0n) is 13.0. The van der Waals surface area contributed by atoms with Gasteiger partial charge in [0, 0.05) is 26.3 Å². The maximum absolute atomic E-state index is 3.58. The molecule has 0 aliphatic heterocycles. The molecule has 0 amide bonds. The van der Waals surface area contributed by atoms with E-state index in [0.717, 1.165) is 11.0 Å². The Labute approximate surface area is 140 Å². The maximum atomic E-state index is 3.58. The Morgan fingerprint density at radius 2 is 1.71 bits per heavy atom. The molecule has 0 aliphatic carbocycles. The smallest absolute Gasteiger partial charge is 0.0221 e. The molecule has 0 aromatic heterocycles.